The maximum atomic E-state index is 12.7. The van der Waals surface area contributed by atoms with E-state index in [2.05, 4.69) is 41.2 Å². The number of anilines is 5. The topological polar surface area (TPSA) is 352 Å². The second kappa shape index (κ2) is 25.9. The number of carbonyl (C=O) groups excluding carboxylic acids is 5. The SMILES string of the molecule is COc1cc2nccc(Oc3ccc4c(c3)CCN4)c2cc1C(N)=O.COc1cc2nccc(Oc3ccc4c(c3)CCN4C(=O)Nc3cc(C)on3)c2cc1C(N)=O.COc1cc2nccc(Oc3ccc4c(c3)CCN4C(=O)Nc3cc(C)on3)c2cc1C(N)=O. The molecule has 11 aromatic rings. The molecular weight excluding hydrogens is 1190 g/mol. The van der Waals surface area contributed by atoms with E-state index in [0.29, 0.717) is 133 Å². The second-order valence-electron chi connectivity index (χ2n) is 21.4. The standard InChI is InChI=1S/2C24H21N5O5.C19H17N3O3/c2*1-13-9-22(28-34-13)27-24(31)29-8-6-14-10-15(3-4-19(14)29)33-20-5-7-26-18-12-21(32-2)17(23(25)30)11-16(18)20;1-24-18-10-16-13(9-14(18)19(20)23)17(5-7-22-16)25-12-2-3-15-11(8-12)4-6-21-15/h2*3-5,7,9-12H,6,8H2,1-2H3,(H2,25,30)(H,27,28,31);2-3,5,7-10,21H,4,6H2,1H3,(H2,20,23). The van der Waals surface area contributed by atoms with Gasteiger partial charge in [0.1, 0.15) is 63.3 Å². The molecule has 0 atom stereocenters. The van der Waals surface area contributed by atoms with Gasteiger partial charge in [0.2, 0.25) is 0 Å². The van der Waals surface area contributed by atoms with E-state index in [4.69, 9.17) is 54.7 Å². The number of carbonyl (C=O) groups is 5. The lowest BCUT2D eigenvalue weighted by molar-refractivity contribution is 0.0989. The van der Waals surface area contributed by atoms with E-state index in [1.54, 1.807) is 121 Å². The van der Waals surface area contributed by atoms with E-state index in [0.717, 1.165) is 46.9 Å². The summed E-state index contributed by atoms with van der Waals surface area (Å²) in [6.07, 6.45) is 7.23. The first-order valence-corrected chi connectivity index (χ1v) is 29.0. The number of methoxy groups -OCH3 is 3. The minimum Gasteiger partial charge on any atom is -0.496 e. The number of nitrogens with one attached hydrogen (secondary N) is 3. The van der Waals surface area contributed by atoms with Gasteiger partial charge in [-0.05, 0) is 141 Å². The average Bonchev–Trinajstić information content (AvgIpc) is 1.66. The van der Waals surface area contributed by atoms with Crippen LogP contribution in [0.2, 0.25) is 0 Å². The van der Waals surface area contributed by atoms with Gasteiger partial charge in [0.05, 0.1) is 54.6 Å². The molecule has 6 aromatic carbocycles. The molecule has 8 heterocycles. The first-order valence-electron chi connectivity index (χ1n) is 29.0. The van der Waals surface area contributed by atoms with Crippen LogP contribution in [0.5, 0.6) is 51.7 Å². The smallest absolute Gasteiger partial charge is 0.327 e. The molecule has 26 nitrogen and oxygen atoms in total. The Morgan fingerprint density at radius 3 is 1.19 bits per heavy atom. The predicted octanol–water partition coefficient (Wildman–Crippen LogP) is 11.2. The van der Waals surface area contributed by atoms with Crippen molar-refractivity contribution in [1.82, 2.24) is 25.3 Å². The van der Waals surface area contributed by atoms with Gasteiger partial charge >= 0.3 is 12.1 Å². The Morgan fingerprint density at radius 2 is 0.839 bits per heavy atom. The van der Waals surface area contributed by atoms with Gasteiger partial charge in [0.15, 0.2) is 11.6 Å². The Hall–Kier alpha value is -12.5. The molecule has 5 aromatic heterocycles. The van der Waals surface area contributed by atoms with Crippen LogP contribution in [-0.4, -0.2) is 96.0 Å². The average molecular weight is 1250 g/mol. The molecule has 3 aliphatic heterocycles. The summed E-state index contributed by atoms with van der Waals surface area (Å²) >= 11 is 0. The van der Waals surface area contributed by atoms with Crippen LogP contribution in [0.3, 0.4) is 0 Å². The molecule has 0 saturated heterocycles. The number of fused-ring (bicyclic) bond motifs is 6. The number of primary amides is 3. The van der Waals surface area contributed by atoms with Crippen molar-refractivity contribution in [1.29, 1.82) is 0 Å². The van der Waals surface area contributed by atoms with Crippen molar-refractivity contribution < 1.29 is 61.4 Å². The van der Waals surface area contributed by atoms with Gasteiger partial charge in [-0.15, -0.1) is 0 Å². The molecule has 9 N–H and O–H groups in total. The molecule has 3 aliphatic rings. The van der Waals surface area contributed by atoms with Gasteiger partial charge in [-0.3, -0.25) is 49.8 Å². The van der Waals surface area contributed by atoms with Crippen LogP contribution in [0.25, 0.3) is 32.7 Å². The highest BCUT2D eigenvalue weighted by atomic mass is 16.5. The Morgan fingerprint density at radius 1 is 0.462 bits per heavy atom. The Balaban J connectivity index is 0.000000136. The van der Waals surface area contributed by atoms with Crippen molar-refractivity contribution in [2.75, 3.05) is 66.7 Å². The number of hydrogen-bond acceptors (Lipinski definition) is 19. The maximum Gasteiger partial charge on any atom is 0.327 e. The highest BCUT2D eigenvalue weighted by molar-refractivity contribution is 6.05. The third-order valence-corrected chi connectivity index (χ3v) is 15.4. The number of amides is 7. The fourth-order valence-corrected chi connectivity index (χ4v) is 11.0. The molecule has 0 fully saturated rings. The Bertz CT molecular complexity index is 4560. The number of hydrogen-bond donors (Lipinski definition) is 6. The van der Waals surface area contributed by atoms with Crippen molar-refractivity contribution in [2.24, 2.45) is 17.2 Å². The zero-order valence-electron chi connectivity index (χ0n) is 50.7. The number of pyridine rings is 3. The fraction of sp³-hybridized carbons (Fsp3) is 0.164. The van der Waals surface area contributed by atoms with E-state index >= 15 is 0 Å². The molecule has 0 bridgehead atoms. The van der Waals surface area contributed by atoms with E-state index < -0.39 is 17.7 Å². The van der Waals surface area contributed by atoms with Gasteiger partial charge in [-0.25, -0.2) is 9.59 Å². The molecule has 0 aliphatic carbocycles. The third kappa shape index (κ3) is 12.9. The molecule has 14 rings (SSSR count). The summed E-state index contributed by atoms with van der Waals surface area (Å²) < 4.78 is 44.1. The van der Waals surface area contributed by atoms with Crippen molar-refractivity contribution in [3.63, 3.8) is 0 Å². The van der Waals surface area contributed by atoms with Crippen molar-refractivity contribution in [2.45, 2.75) is 33.1 Å². The Kier molecular flexibility index (Phi) is 16.9. The van der Waals surface area contributed by atoms with Gasteiger partial charge < -0.3 is 60.0 Å². The van der Waals surface area contributed by atoms with Crippen LogP contribution in [0, 0.1) is 13.8 Å². The monoisotopic (exact) mass is 1250 g/mol. The number of aromatic nitrogens is 5. The summed E-state index contributed by atoms with van der Waals surface area (Å²) in [4.78, 5) is 77.1. The van der Waals surface area contributed by atoms with E-state index in [1.807, 2.05) is 42.5 Å². The third-order valence-electron chi connectivity index (χ3n) is 15.4. The lowest BCUT2D eigenvalue weighted by Crippen LogP contribution is -2.33. The van der Waals surface area contributed by atoms with Gasteiger partial charge in [-0.2, -0.15) is 0 Å². The quantitative estimate of drug-likeness (QED) is 0.0589. The predicted molar refractivity (Wildman–Crippen MR) is 345 cm³/mol. The summed E-state index contributed by atoms with van der Waals surface area (Å²) in [5.74, 6) is 4.87. The molecule has 93 heavy (non-hydrogen) atoms. The molecule has 0 unspecified atom stereocenters. The number of benzene rings is 6. The van der Waals surface area contributed by atoms with E-state index in [9.17, 15) is 24.0 Å². The maximum absolute atomic E-state index is 12.7. The minimum absolute atomic E-state index is 0.241. The highest BCUT2D eigenvalue weighted by Gasteiger charge is 2.28. The number of nitrogens with two attached hydrogens (primary N) is 3. The van der Waals surface area contributed by atoms with Gasteiger partial charge in [0.25, 0.3) is 17.7 Å². The second-order valence-corrected chi connectivity index (χ2v) is 21.4. The summed E-state index contributed by atoms with van der Waals surface area (Å²) in [6, 6.07) is 34.8. The van der Waals surface area contributed by atoms with Crippen molar-refractivity contribution in [3.05, 3.63) is 185 Å². The number of urea groups is 2. The van der Waals surface area contributed by atoms with E-state index in [-0.39, 0.29) is 23.2 Å². The summed E-state index contributed by atoms with van der Waals surface area (Å²) in [5.41, 5.74) is 25.0. The minimum atomic E-state index is -0.606. The molecule has 26 heteroatoms. The van der Waals surface area contributed by atoms with Crippen LogP contribution in [-0.2, 0) is 19.3 Å². The first kappa shape index (κ1) is 60.8. The zero-order valence-corrected chi connectivity index (χ0v) is 50.7. The van der Waals surface area contributed by atoms with Crippen LogP contribution in [0.4, 0.5) is 38.3 Å². The number of nitrogens with zero attached hydrogens (tertiary/aromatic N) is 7. The fourth-order valence-electron chi connectivity index (χ4n) is 11.0. The largest absolute Gasteiger partial charge is 0.496 e. The number of aryl methyl sites for hydroxylation is 2. The molecule has 0 radical (unpaired) electrons. The number of ether oxygens (including phenoxy) is 6. The van der Waals surface area contributed by atoms with Crippen LogP contribution < -0.4 is 71.4 Å². The zero-order chi connectivity index (χ0) is 65.0. The molecule has 470 valence electrons. The number of rotatable bonds is 14. The van der Waals surface area contributed by atoms with Gasteiger partial charge in [-0.1, -0.05) is 10.3 Å². The van der Waals surface area contributed by atoms with E-state index in [1.165, 1.54) is 26.9 Å². The molecule has 0 spiro atoms. The molecular formula is C67H59N13O13. The lowest BCUT2D eigenvalue weighted by atomic mass is 10.1. The van der Waals surface area contributed by atoms with Crippen LogP contribution in [0.1, 0.15) is 59.3 Å². The summed E-state index contributed by atoms with van der Waals surface area (Å²) in [6.45, 7) is 5.51. The normalized spacial score (nSPS) is 12.5. The lowest BCUT2D eigenvalue weighted by Gasteiger charge is -2.17. The van der Waals surface area contributed by atoms with Crippen LogP contribution >= 0.6 is 0 Å². The van der Waals surface area contributed by atoms with Crippen LogP contribution in [0.15, 0.2) is 149 Å². The van der Waals surface area contributed by atoms with Crippen molar-refractivity contribution in [3.8, 4) is 51.7 Å². The summed E-state index contributed by atoms with van der Waals surface area (Å²) in [7, 11) is 4.43. The van der Waals surface area contributed by atoms with Gasteiger partial charge in [0, 0.05) is 102 Å². The first-order chi connectivity index (χ1) is 45.0. The van der Waals surface area contributed by atoms with Crippen molar-refractivity contribution >= 4 is 91.2 Å². The summed E-state index contributed by atoms with van der Waals surface area (Å²) in [5, 5.41) is 18.4. The Labute approximate surface area is 529 Å². The molecule has 7 amide bonds. The highest BCUT2D eigenvalue weighted by Crippen LogP contribution is 2.40. The molecule has 0 saturated carbocycles.